The minimum Gasteiger partial charge on any atom is -0.483 e. The van der Waals surface area contributed by atoms with Gasteiger partial charge >= 0.3 is 0 Å². The zero-order chi connectivity index (χ0) is 17.8. The molecule has 0 heterocycles. The van der Waals surface area contributed by atoms with Crippen LogP contribution in [0.5, 0.6) is 5.75 Å². The van der Waals surface area contributed by atoms with Gasteiger partial charge in [-0.3, -0.25) is 4.79 Å². The van der Waals surface area contributed by atoms with E-state index in [9.17, 15) is 4.79 Å². The fourth-order valence-corrected chi connectivity index (χ4v) is 3.79. The van der Waals surface area contributed by atoms with Crippen LogP contribution in [0, 0.1) is 0 Å². The Labute approximate surface area is 157 Å². The number of fused-ring (bicyclic) bond motifs is 1. The Hall–Kier alpha value is -1.81. The normalized spacial score (nSPS) is 14.0. The summed E-state index contributed by atoms with van der Waals surface area (Å²) in [6.45, 7) is 4.13. The third kappa shape index (κ3) is 4.43. The van der Waals surface area contributed by atoms with E-state index in [1.54, 1.807) is 0 Å². The lowest BCUT2D eigenvalue weighted by Gasteiger charge is -2.16. The van der Waals surface area contributed by atoms with Crippen molar-refractivity contribution in [1.82, 2.24) is 5.32 Å². The molecule has 2 aromatic rings. The number of amides is 1. The predicted octanol–water partition coefficient (Wildman–Crippen LogP) is 4.76. The van der Waals surface area contributed by atoms with Crippen LogP contribution in [0.4, 0.5) is 0 Å². The van der Waals surface area contributed by atoms with E-state index in [4.69, 9.17) is 4.74 Å². The van der Waals surface area contributed by atoms with Crippen LogP contribution in [0.1, 0.15) is 48.6 Å². The highest BCUT2D eigenvalue weighted by atomic mass is 79.9. The summed E-state index contributed by atoms with van der Waals surface area (Å²) in [7, 11) is 0. The van der Waals surface area contributed by atoms with Crippen molar-refractivity contribution in [3.63, 3.8) is 0 Å². The fraction of sp³-hybridized carbons (Fsp3) is 0.381. The molecule has 1 aliphatic rings. The van der Waals surface area contributed by atoms with Gasteiger partial charge in [0.25, 0.3) is 5.91 Å². The molecule has 25 heavy (non-hydrogen) atoms. The zero-order valence-electron chi connectivity index (χ0n) is 14.8. The third-order valence-corrected chi connectivity index (χ3v) is 5.38. The molecule has 3 rings (SSSR count). The number of carbonyl (C=O) groups is 1. The van der Waals surface area contributed by atoms with E-state index in [0.29, 0.717) is 5.75 Å². The molecule has 0 spiro atoms. The lowest BCUT2D eigenvalue weighted by atomic mass is 10.0. The highest BCUT2D eigenvalue weighted by Gasteiger charge is 2.15. The molecule has 0 saturated carbocycles. The van der Waals surface area contributed by atoms with Gasteiger partial charge in [-0.05, 0) is 82.9 Å². The van der Waals surface area contributed by atoms with Gasteiger partial charge in [0.1, 0.15) is 5.75 Å². The molecule has 0 aromatic heterocycles. The third-order valence-electron chi connectivity index (χ3n) is 4.76. The number of rotatable bonds is 6. The monoisotopic (exact) mass is 401 g/mol. The molecular weight excluding hydrogens is 378 g/mol. The van der Waals surface area contributed by atoms with E-state index >= 15 is 0 Å². The van der Waals surface area contributed by atoms with Gasteiger partial charge in [0, 0.05) is 0 Å². The maximum atomic E-state index is 12.2. The summed E-state index contributed by atoms with van der Waals surface area (Å²) in [6, 6.07) is 12.5. The molecule has 1 N–H and O–H groups in total. The first-order valence-corrected chi connectivity index (χ1v) is 9.68. The van der Waals surface area contributed by atoms with Crippen LogP contribution in [0.15, 0.2) is 40.9 Å². The molecule has 0 radical (unpaired) electrons. The molecule has 0 saturated heterocycles. The second-order valence-electron chi connectivity index (χ2n) is 6.58. The molecule has 0 bridgehead atoms. The van der Waals surface area contributed by atoms with Crippen LogP contribution in [0.25, 0.3) is 0 Å². The van der Waals surface area contributed by atoms with E-state index < -0.39 is 0 Å². The van der Waals surface area contributed by atoms with Crippen molar-refractivity contribution < 1.29 is 9.53 Å². The summed E-state index contributed by atoms with van der Waals surface area (Å²) in [5, 5.41) is 3.02. The van der Waals surface area contributed by atoms with E-state index in [1.165, 1.54) is 29.5 Å². The Kier molecular flexibility index (Phi) is 5.79. The number of hydrogen-bond donors (Lipinski definition) is 1. The van der Waals surface area contributed by atoms with Crippen LogP contribution in [0.2, 0.25) is 0 Å². The molecule has 2 aromatic carbocycles. The number of hydrogen-bond acceptors (Lipinski definition) is 2. The van der Waals surface area contributed by atoms with Crippen molar-refractivity contribution in [2.75, 3.05) is 6.61 Å². The molecule has 0 unspecified atom stereocenters. The van der Waals surface area contributed by atoms with Gasteiger partial charge in [0.2, 0.25) is 0 Å². The number of carbonyl (C=O) groups excluding carboxylic acids is 1. The minimum absolute atomic E-state index is 0.0132. The SMILES string of the molecule is CCc1ccc(OCC(=O)N[C@@H](C)c2ccc3c(c2)CCC3)c(Br)c1. The first-order valence-electron chi connectivity index (χ1n) is 8.89. The summed E-state index contributed by atoms with van der Waals surface area (Å²) in [6.07, 6.45) is 4.53. The Bertz CT molecular complexity index is 772. The van der Waals surface area contributed by atoms with Gasteiger partial charge in [-0.1, -0.05) is 31.2 Å². The van der Waals surface area contributed by atoms with E-state index in [1.807, 2.05) is 25.1 Å². The lowest BCUT2D eigenvalue weighted by Crippen LogP contribution is -2.31. The van der Waals surface area contributed by atoms with Crippen LogP contribution in [-0.4, -0.2) is 12.5 Å². The molecule has 0 aliphatic heterocycles. The maximum Gasteiger partial charge on any atom is 0.258 e. The van der Waals surface area contributed by atoms with Gasteiger partial charge < -0.3 is 10.1 Å². The maximum absolute atomic E-state index is 12.2. The van der Waals surface area contributed by atoms with Crippen molar-refractivity contribution in [1.29, 1.82) is 0 Å². The molecule has 1 aliphatic carbocycles. The largest absolute Gasteiger partial charge is 0.483 e. The quantitative estimate of drug-likeness (QED) is 0.757. The molecule has 1 amide bonds. The number of aryl methyl sites for hydroxylation is 3. The Morgan fingerprint density at radius 1 is 1.20 bits per heavy atom. The molecule has 4 heteroatoms. The first kappa shape index (κ1) is 18.0. The molecule has 1 atom stereocenters. The molecule has 3 nitrogen and oxygen atoms in total. The summed E-state index contributed by atoms with van der Waals surface area (Å²) >= 11 is 3.50. The van der Waals surface area contributed by atoms with Crippen molar-refractivity contribution in [3.05, 3.63) is 63.1 Å². The van der Waals surface area contributed by atoms with Crippen LogP contribution >= 0.6 is 15.9 Å². The van der Waals surface area contributed by atoms with Crippen LogP contribution in [0.3, 0.4) is 0 Å². The Morgan fingerprint density at radius 3 is 2.76 bits per heavy atom. The molecule has 132 valence electrons. The van der Waals surface area contributed by atoms with Gasteiger partial charge in [0.15, 0.2) is 6.61 Å². The van der Waals surface area contributed by atoms with E-state index in [2.05, 4.69) is 46.4 Å². The summed E-state index contributed by atoms with van der Waals surface area (Å²) in [5.41, 5.74) is 5.26. The minimum atomic E-state index is -0.112. The highest BCUT2D eigenvalue weighted by Crippen LogP contribution is 2.27. The van der Waals surface area contributed by atoms with Crippen molar-refractivity contribution >= 4 is 21.8 Å². The highest BCUT2D eigenvalue weighted by molar-refractivity contribution is 9.10. The van der Waals surface area contributed by atoms with Crippen LogP contribution < -0.4 is 10.1 Å². The number of ether oxygens (including phenoxy) is 1. The fourth-order valence-electron chi connectivity index (χ4n) is 3.25. The second kappa shape index (κ2) is 8.05. The molecule has 0 fully saturated rings. The Morgan fingerprint density at radius 2 is 2.00 bits per heavy atom. The van der Waals surface area contributed by atoms with E-state index in [-0.39, 0.29) is 18.6 Å². The average Bonchev–Trinajstić information content (AvgIpc) is 3.08. The van der Waals surface area contributed by atoms with Gasteiger partial charge in [-0.2, -0.15) is 0 Å². The summed E-state index contributed by atoms with van der Waals surface area (Å²) in [4.78, 5) is 12.2. The van der Waals surface area contributed by atoms with Crippen molar-refractivity contribution in [3.8, 4) is 5.75 Å². The topological polar surface area (TPSA) is 38.3 Å². The number of nitrogens with one attached hydrogen (secondary N) is 1. The standard InChI is InChI=1S/C21H24BrNO2/c1-3-15-7-10-20(19(22)11-15)25-13-21(24)23-14(2)17-9-8-16-5-4-6-18(16)12-17/h7-12,14H,3-6,13H2,1-2H3,(H,23,24)/t14-/m0/s1. The van der Waals surface area contributed by atoms with Crippen LogP contribution in [-0.2, 0) is 24.1 Å². The first-order chi connectivity index (χ1) is 12.1. The second-order valence-corrected chi connectivity index (χ2v) is 7.43. The van der Waals surface area contributed by atoms with Crippen molar-refractivity contribution in [2.45, 2.75) is 45.6 Å². The Balaban J connectivity index is 1.55. The predicted molar refractivity (Wildman–Crippen MR) is 104 cm³/mol. The smallest absolute Gasteiger partial charge is 0.258 e. The summed E-state index contributed by atoms with van der Waals surface area (Å²) < 4.78 is 6.53. The van der Waals surface area contributed by atoms with Crippen molar-refractivity contribution in [2.24, 2.45) is 0 Å². The number of benzene rings is 2. The summed E-state index contributed by atoms with van der Waals surface area (Å²) in [5.74, 6) is 0.581. The average molecular weight is 402 g/mol. The number of halogens is 1. The van der Waals surface area contributed by atoms with E-state index in [0.717, 1.165) is 22.9 Å². The molecular formula is C21H24BrNO2. The van der Waals surface area contributed by atoms with Gasteiger partial charge in [0.05, 0.1) is 10.5 Å². The van der Waals surface area contributed by atoms with Gasteiger partial charge in [-0.25, -0.2) is 0 Å². The lowest BCUT2D eigenvalue weighted by molar-refractivity contribution is -0.123. The van der Waals surface area contributed by atoms with Gasteiger partial charge in [-0.15, -0.1) is 0 Å². The zero-order valence-corrected chi connectivity index (χ0v) is 16.4.